The van der Waals surface area contributed by atoms with Crippen molar-refractivity contribution >= 4 is 86.1 Å². The Balaban J connectivity index is 1.21. The molecule has 3 N–H and O–H groups in total. The summed E-state index contributed by atoms with van der Waals surface area (Å²) in [6.45, 7) is 7.74. The number of benzene rings is 1. The van der Waals surface area contributed by atoms with Crippen LogP contribution in [0.4, 0.5) is 20.1 Å². The lowest BCUT2D eigenvalue weighted by Gasteiger charge is -2.42. The number of halogens is 2. The number of esters is 1. The second-order valence-corrected chi connectivity index (χ2v) is 22.0. The van der Waals surface area contributed by atoms with Crippen molar-refractivity contribution in [1.82, 2.24) is 25.3 Å². The number of ether oxygens (including phenoxy) is 7. The Kier molecular flexibility index (Phi) is 23.5. The summed E-state index contributed by atoms with van der Waals surface area (Å²) in [5.74, 6) is -2.13. The third-order valence-electron chi connectivity index (χ3n) is 14.4. The van der Waals surface area contributed by atoms with Gasteiger partial charge in [-0.3, -0.25) is 24.5 Å². The topological polar surface area (TPSA) is 245 Å². The van der Waals surface area contributed by atoms with Gasteiger partial charge in [-0.05, 0) is 70.2 Å². The first kappa shape index (κ1) is 62.9. The zero-order chi connectivity index (χ0) is 56.8. The van der Waals surface area contributed by atoms with E-state index in [0.29, 0.717) is 30.8 Å². The first-order chi connectivity index (χ1) is 36.5. The smallest absolute Gasteiger partial charge is 0.410 e. The molecule has 2 saturated heterocycles. The molecule has 6 amide bonds. The predicted molar refractivity (Wildman–Crippen MR) is 293 cm³/mol. The average Bonchev–Trinajstić information content (AvgIpc) is 4.12. The summed E-state index contributed by atoms with van der Waals surface area (Å²) in [4.78, 5) is 98.4. The number of hydrogen-bond donors (Lipinski definition) is 3. The second kappa shape index (κ2) is 28.8. The highest BCUT2D eigenvalue weighted by molar-refractivity contribution is 9.09. The van der Waals surface area contributed by atoms with Crippen LogP contribution in [0.1, 0.15) is 78.2 Å². The summed E-state index contributed by atoms with van der Waals surface area (Å²) in [6.07, 6.45) is 5.81. The molecule has 5 rings (SSSR count). The van der Waals surface area contributed by atoms with Crippen LogP contribution in [0, 0.1) is 5.92 Å². The highest BCUT2D eigenvalue weighted by Crippen LogP contribution is 2.49. The average molecular weight is 1180 g/mol. The molecule has 4 aliphatic rings. The van der Waals surface area contributed by atoms with E-state index >= 15 is 0 Å². The number of carbonyl (C=O) groups is 7. The number of epoxide rings is 1. The van der Waals surface area contributed by atoms with Gasteiger partial charge in [0.2, 0.25) is 17.7 Å². The molecule has 21 nitrogen and oxygen atoms in total. The molecule has 0 spiro atoms. The summed E-state index contributed by atoms with van der Waals surface area (Å²) in [7, 11) is 9.02. The predicted octanol–water partition coefficient (Wildman–Crippen LogP) is 6.15. The van der Waals surface area contributed by atoms with Crippen LogP contribution in [0.5, 0.6) is 5.75 Å². The lowest BCUT2D eigenvalue weighted by Crippen LogP contribution is -2.63. The summed E-state index contributed by atoms with van der Waals surface area (Å²) in [5, 5.41) is 17.1. The molecule has 3 heterocycles. The van der Waals surface area contributed by atoms with Gasteiger partial charge in [-0.1, -0.05) is 82.5 Å². The van der Waals surface area contributed by atoms with Crippen molar-refractivity contribution in [1.29, 1.82) is 0 Å². The number of thioether (sulfide) groups is 1. The van der Waals surface area contributed by atoms with E-state index in [1.807, 2.05) is 25.2 Å². The Bertz CT molecular complexity index is 2380. The number of methoxy groups -OCH3 is 2. The van der Waals surface area contributed by atoms with Gasteiger partial charge in [0.15, 0.2) is 5.72 Å². The number of alkyl halides is 1. The zero-order valence-electron chi connectivity index (χ0n) is 45.7. The van der Waals surface area contributed by atoms with Gasteiger partial charge in [0.05, 0.1) is 43.4 Å². The van der Waals surface area contributed by atoms with Crippen molar-refractivity contribution in [2.24, 2.45) is 5.92 Å². The minimum absolute atomic E-state index is 0.0817. The maximum Gasteiger partial charge on any atom is 0.410 e. The zero-order valence-corrected chi connectivity index (χ0v) is 48.8. The Morgan fingerprint density at radius 1 is 1.08 bits per heavy atom. The molecule has 1 aromatic rings. The SMILES string of the molecule is COc1cc2cc(c1Cl)N(C)C(=O)C[C@H](OC(=O)[C@H](C)N(C)C(=O)CCSC(=O)N(C)CCN(C)C(=O)OC1/C=C/CCCCC1OCCNC(=O)CBr)[C@]1(C)O[C@H]1[C@H](C)[C@@H]1C[C@@](O)(NC(=O)O1)[C@H](OC)/C=C/C=C(\C)C2. The van der Waals surface area contributed by atoms with E-state index in [4.69, 9.17) is 44.8 Å². The van der Waals surface area contributed by atoms with Crippen LogP contribution in [-0.2, 0) is 54.0 Å². The molecule has 0 radical (unpaired) electrons. The number of nitrogens with zero attached hydrogens (tertiary/aromatic N) is 4. The van der Waals surface area contributed by atoms with Crippen LogP contribution in [0.25, 0.3) is 0 Å². The highest BCUT2D eigenvalue weighted by Gasteiger charge is 2.64. The largest absolute Gasteiger partial charge is 0.495 e. The van der Waals surface area contributed by atoms with Gasteiger partial charge in [0, 0.05) is 79.4 Å². The van der Waals surface area contributed by atoms with E-state index in [-0.39, 0.29) is 59.8 Å². The number of anilines is 1. The van der Waals surface area contributed by atoms with E-state index in [9.17, 15) is 38.7 Å². The molecule has 0 saturated carbocycles. The minimum Gasteiger partial charge on any atom is -0.495 e. The van der Waals surface area contributed by atoms with Crippen LogP contribution in [0.2, 0.25) is 5.02 Å². The fourth-order valence-electron chi connectivity index (χ4n) is 9.29. The minimum atomic E-state index is -1.88. The number of carbonyl (C=O) groups excluding carboxylic acids is 7. The number of amides is 6. The summed E-state index contributed by atoms with van der Waals surface area (Å²) < 4.78 is 41.3. The number of alkyl carbamates (subject to hydrolysis) is 1. The fourth-order valence-corrected chi connectivity index (χ4v) is 10.6. The standard InChI is InChI=1S/C53H76BrClN6O15S/c1-32-16-15-19-41(71-10)53(69)30-40(73-49(66)57-53)33(2)47-52(4,76-47)42(29-45(64)61(8)36-27-35(26-32)28-39(70-9)46(36)55)75-48(65)34(3)60(7)44(63)20-25-77-51(68)59(6)23-22-58(5)50(67)74-38-18-14-12-11-13-17-37(38)72-24-21-56-43(62)31-54/h14-16,18-19,27-28,33-34,37-38,40-42,47,69H,11-13,17,20-26,29-31H2,1-10H3,(H,56,62)(H,57,66)/b18-14+,19-15+,32-16+/t33-,34+,37?,38?,40+,41-,42+,47+,52+,53+/m1/s1. The molecule has 10 atom stereocenters. The number of aliphatic hydroxyl groups is 1. The lowest BCUT2D eigenvalue weighted by atomic mass is 9.83. The van der Waals surface area contributed by atoms with Gasteiger partial charge < -0.3 is 63.2 Å². The van der Waals surface area contributed by atoms with E-state index in [1.54, 1.807) is 59.3 Å². The number of rotatable bonds is 17. The van der Waals surface area contributed by atoms with Gasteiger partial charge in [0.1, 0.15) is 46.8 Å². The molecule has 428 valence electrons. The van der Waals surface area contributed by atoms with Gasteiger partial charge >= 0.3 is 18.2 Å². The van der Waals surface area contributed by atoms with Gasteiger partial charge in [-0.2, -0.15) is 0 Å². The quantitative estimate of drug-likeness (QED) is 0.0395. The molecule has 0 aromatic heterocycles. The summed E-state index contributed by atoms with van der Waals surface area (Å²) in [6, 6.07) is 2.38. The molecule has 77 heavy (non-hydrogen) atoms. The van der Waals surface area contributed by atoms with Crippen molar-refractivity contribution in [2.45, 2.75) is 133 Å². The van der Waals surface area contributed by atoms with Gasteiger partial charge in [-0.25, -0.2) is 14.4 Å². The van der Waals surface area contributed by atoms with Crippen molar-refractivity contribution in [3.63, 3.8) is 0 Å². The van der Waals surface area contributed by atoms with Crippen molar-refractivity contribution < 1.29 is 71.8 Å². The third-order valence-corrected chi connectivity index (χ3v) is 16.2. The normalized spacial score (nSPS) is 28.5. The van der Waals surface area contributed by atoms with Crippen molar-refractivity contribution in [2.75, 3.05) is 84.6 Å². The number of fused-ring (bicyclic) bond motifs is 5. The Hall–Kier alpha value is -4.91. The van der Waals surface area contributed by atoms with E-state index < -0.39 is 96.3 Å². The highest BCUT2D eigenvalue weighted by atomic mass is 79.9. The molecule has 3 aliphatic heterocycles. The maximum absolute atomic E-state index is 14.4. The molecule has 4 bridgehead atoms. The number of allylic oxidation sites excluding steroid dienone is 4. The van der Waals surface area contributed by atoms with Crippen molar-refractivity contribution in [3.8, 4) is 5.75 Å². The second-order valence-electron chi connectivity index (χ2n) is 20.1. The molecule has 1 aromatic carbocycles. The first-order valence-corrected chi connectivity index (χ1v) is 28.2. The summed E-state index contributed by atoms with van der Waals surface area (Å²) in [5.41, 5.74) is -1.19. The molecule has 1 aliphatic carbocycles. The Labute approximate surface area is 469 Å². The summed E-state index contributed by atoms with van der Waals surface area (Å²) >= 11 is 10.8. The number of nitrogens with one attached hydrogen (secondary N) is 2. The molecular weight excluding hydrogens is 1110 g/mol. The Morgan fingerprint density at radius 2 is 1.81 bits per heavy atom. The van der Waals surface area contributed by atoms with E-state index in [1.165, 1.54) is 47.8 Å². The monoisotopic (exact) mass is 1180 g/mol. The van der Waals surface area contributed by atoms with Crippen LogP contribution in [-0.4, -0.2) is 195 Å². The van der Waals surface area contributed by atoms with Crippen LogP contribution in [0.3, 0.4) is 0 Å². The molecule has 2 unspecified atom stereocenters. The maximum atomic E-state index is 14.4. The van der Waals surface area contributed by atoms with Crippen LogP contribution >= 0.6 is 39.3 Å². The third kappa shape index (κ3) is 17.0. The number of hydrogen-bond acceptors (Lipinski definition) is 16. The first-order valence-electron chi connectivity index (χ1n) is 25.7. The van der Waals surface area contributed by atoms with Gasteiger partial charge in [0.25, 0.3) is 5.24 Å². The molecule has 24 heteroatoms. The number of likely N-dealkylation sites (N-methyl/N-ethyl adjacent to an activating group) is 3. The van der Waals surface area contributed by atoms with E-state index in [2.05, 4.69) is 26.6 Å². The van der Waals surface area contributed by atoms with E-state index in [0.717, 1.165) is 42.2 Å². The van der Waals surface area contributed by atoms with Crippen molar-refractivity contribution in [3.05, 3.63) is 58.7 Å². The van der Waals surface area contributed by atoms with Gasteiger partial charge in [-0.15, -0.1) is 0 Å². The van der Waals surface area contributed by atoms with Crippen LogP contribution in [0.15, 0.2) is 48.1 Å². The van der Waals surface area contributed by atoms with Crippen LogP contribution < -0.4 is 20.3 Å². The fraction of sp³-hybridized carbons (Fsp3) is 0.642. The molecular formula is C53H76BrClN6O15S. The Morgan fingerprint density at radius 3 is 2.51 bits per heavy atom. The molecule has 2 fully saturated rings. The lowest BCUT2D eigenvalue weighted by molar-refractivity contribution is -0.162.